The van der Waals surface area contributed by atoms with E-state index in [-0.39, 0.29) is 9.92 Å². The van der Waals surface area contributed by atoms with Gasteiger partial charge in [-0.1, -0.05) is 17.7 Å². The van der Waals surface area contributed by atoms with Crippen LogP contribution in [0.1, 0.15) is 0 Å². The lowest BCUT2D eigenvalue weighted by Gasteiger charge is -2.19. The van der Waals surface area contributed by atoms with Crippen LogP contribution >= 0.6 is 11.6 Å². The summed E-state index contributed by atoms with van der Waals surface area (Å²) in [6.45, 7) is 0. The number of sulfonamides is 1. The molecular weight excluding hydrogens is 316 g/mol. The van der Waals surface area contributed by atoms with Gasteiger partial charge >= 0.3 is 0 Å². The molecular formula is C13H13ClN2O4S. The van der Waals surface area contributed by atoms with E-state index in [4.69, 9.17) is 16.3 Å². The normalized spacial score (nSPS) is 11.2. The summed E-state index contributed by atoms with van der Waals surface area (Å²) in [6.07, 6.45) is 1.11. The molecule has 0 bridgehead atoms. The highest BCUT2D eigenvalue weighted by Gasteiger charge is 2.22. The van der Waals surface area contributed by atoms with Gasteiger partial charge < -0.3 is 9.72 Å². The molecule has 1 aromatic heterocycles. The van der Waals surface area contributed by atoms with Crippen molar-refractivity contribution in [3.05, 3.63) is 51.9 Å². The van der Waals surface area contributed by atoms with Crippen LogP contribution in [0.2, 0.25) is 5.02 Å². The molecule has 0 unspecified atom stereocenters. The van der Waals surface area contributed by atoms with E-state index in [1.807, 2.05) is 0 Å². The van der Waals surface area contributed by atoms with Crippen LogP contribution in [0.4, 0.5) is 5.69 Å². The average molecular weight is 329 g/mol. The van der Waals surface area contributed by atoms with Crippen LogP contribution in [-0.2, 0) is 10.0 Å². The number of hydrogen-bond acceptors (Lipinski definition) is 4. The maximum absolute atomic E-state index is 12.5. The van der Waals surface area contributed by atoms with Gasteiger partial charge in [0, 0.05) is 19.3 Å². The quantitative estimate of drug-likeness (QED) is 0.929. The van der Waals surface area contributed by atoms with Crippen molar-refractivity contribution in [2.75, 3.05) is 18.5 Å². The van der Waals surface area contributed by atoms with Crippen LogP contribution in [-0.4, -0.2) is 27.6 Å². The molecule has 21 heavy (non-hydrogen) atoms. The van der Waals surface area contributed by atoms with Gasteiger partial charge in [0.05, 0.1) is 12.8 Å². The van der Waals surface area contributed by atoms with Crippen molar-refractivity contribution in [1.82, 2.24) is 4.98 Å². The molecule has 1 heterocycles. The molecule has 0 atom stereocenters. The third-order valence-corrected chi connectivity index (χ3v) is 4.95. The second kappa shape index (κ2) is 5.79. The number of benzene rings is 1. The lowest BCUT2D eigenvalue weighted by molar-refractivity contribution is 0.415. The first-order valence-electron chi connectivity index (χ1n) is 5.87. The largest absolute Gasteiger partial charge is 0.497 e. The van der Waals surface area contributed by atoms with E-state index in [1.165, 1.54) is 14.2 Å². The molecule has 0 saturated heterocycles. The molecule has 112 valence electrons. The number of aromatic amines is 1. The predicted octanol–water partition coefficient (Wildman–Crippen LogP) is 1.86. The maximum Gasteiger partial charge on any atom is 0.266 e. The zero-order chi connectivity index (χ0) is 15.6. The smallest absolute Gasteiger partial charge is 0.266 e. The number of pyridine rings is 1. The Balaban J connectivity index is 2.46. The number of anilines is 1. The van der Waals surface area contributed by atoms with E-state index >= 15 is 0 Å². The molecule has 0 aliphatic rings. The van der Waals surface area contributed by atoms with E-state index in [0.717, 1.165) is 16.6 Å². The monoisotopic (exact) mass is 328 g/mol. The zero-order valence-corrected chi connectivity index (χ0v) is 12.9. The summed E-state index contributed by atoms with van der Waals surface area (Å²) in [5.74, 6) is 0.536. The molecule has 1 N–H and O–H groups in total. The molecule has 0 fully saturated rings. The Morgan fingerprint density at radius 1 is 1.29 bits per heavy atom. The van der Waals surface area contributed by atoms with E-state index in [9.17, 15) is 13.2 Å². The molecule has 2 rings (SSSR count). The number of nitrogens with zero attached hydrogens (tertiary/aromatic N) is 1. The number of nitrogens with one attached hydrogen (secondary N) is 1. The minimum absolute atomic E-state index is 0.0996. The molecule has 0 amide bonds. The van der Waals surface area contributed by atoms with Crippen molar-refractivity contribution in [3.63, 3.8) is 0 Å². The van der Waals surface area contributed by atoms with E-state index < -0.39 is 15.6 Å². The van der Waals surface area contributed by atoms with Crippen molar-refractivity contribution in [1.29, 1.82) is 0 Å². The third-order valence-electron chi connectivity index (χ3n) is 2.91. The fourth-order valence-electron chi connectivity index (χ4n) is 1.69. The van der Waals surface area contributed by atoms with Crippen LogP contribution in [0.5, 0.6) is 5.75 Å². The summed E-state index contributed by atoms with van der Waals surface area (Å²) < 4.78 is 31.2. The third kappa shape index (κ3) is 3.03. The highest BCUT2D eigenvalue weighted by Crippen LogP contribution is 2.25. The lowest BCUT2D eigenvalue weighted by atomic mass is 10.3. The number of methoxy groups -OCH3 is 1. The highest BCUT2D eigenvalue weighted by molar-refractivity contribution is 7.92. The van der Waals surface area contributed by atoms with Crippen LogP contribution < -0.4 is 14.6 Å². The van der Waals surface area contributed by atoms with Gasteiger partial charge in [0.1, 0.15) is 15.7 Å². The molecule has 6 nitrogen and oxygen atoms in total. The average Bonchev–Trinajstić information content (AvgIpc) is 2.49. The summed E-state index contributed by atoms with van der Waals surface area (Å²) in [5, 5.41) is -0.185. The van der Waals surface area contributed by atoms with E-state index in [0.29, 0.717) is 11.4 Å². The van der Waals surface area contributed by atoms with Gasteiger partial charge in [-0.05, 0) is 18.2 Å². The minimum atomic E-state index is -3.83. The van der Waals surface area contributed by atoms with E-state index in [2.05, 4.69) is 4.98 Å². The first-order chi connectivity index (χ1) is 9.86. The summed E-state index contributed by atoms with van der Waals surface area (Å²) in [6, 6.07) is 7.73. The summed E-state index contributed by atoms with van der Waals surface area (Å²) in [5.41, 5.74) is -0.115. The Kier molecular flexibility index (Phi) is 4.24. The Morgan fingerprint density at radius 2 is 2.00 bits per heavy atom. The van der Waals surface area contributed by atoms with Gasteiger partial charge in [-0.25, -0.2) is 8.42 Å². The topological polar surface area (TPSA) is 79.5 Å². The van der Waals surface area contributed by atoms with Crippen LogP contribution in [0.3, 0.4) is 0 Å². The van der Waals surface area contributed by atoms with Gasteiger partial charge in [0.2, 0.25) is 0 Å². The van der Waals surface area contributed by atoms with Crippen molar-refractivity contribution in [2.45, 2.75) is 4.90 Å². The maximum atomic E-state index is 12.5. The fourth-order valence-corrected chi connectivity index (χ4v) is 3.11. The Bertz CT molecular complexity index is 817. The second-order valence-electron chi connectivity index (χ2n) is 4.19. The van der Waals surface area contributed by atoms with Crippen molar-refractivity contribution in [2.24, 2.45) is 0 Å². The number of H-pyrrole nitrogens is 1. The van der Waals surface area contributed by atoms with Gasteiger partial charge in [-0.3, -0.25) is 9.10 Å². The molecule has 0 aliphatic heterocycles. The molecule has 2 aromatic rings. The summed E-state index contributed by atoms with van der Waals surface area (Å²) >= 11 is 5.67. The van der Waals surface area contributed by atoms with Crippen molar-refractivity contribution >= 4 is 27.3 Å². The molecule has 1 aromatic carbocycles. The zero-order valence-electron chi connectivity index (χ0n) is 11.3. The van der Waals surface area contributed by atoms with Gasteiger partial charge in [0.25, 0.3) is 15.6 Å². The second-order valence-corrected chi connectivity index (χ2v) is 6.56. The molecule has 0 aliphatic carbocycles. The van der Waals surface area contributed by atoms with Crippen LogP contribution in [0.25, 0.3) is 0 Å². The predicted molar refractivity (Wildman–Crippen MR) is 80.7 cm³/mol. The van der Waals surface area contributed by atoms with Crippen molar-refractivity contribution < 1.29 is 13.2 Å². The van der Waals surface area contributed by atoms with Gasteiger partial charge in [-0.2, -0.15) is 0 Å². The van der Waals surface area contributed by atoms with E-state index in [1.54, 1.807) is 24.3 Å². The summed E-state index contributed by atoms with van der Waals surface area (Å²) in [4.78, 5) is 13.4. The molecule has 8 heteroatoms. The van der Waals surface area contributed by atoms with Crippen molar-refractivity contribution in [3.8, 4) is 5.75 Å². The highest BCUT2D eigenvalue weighted by atomic mass is 35.5. The number of rotatable bonds is 4. The van der Waals surface area contributed by atoms with Gasteiger partial charge in [0.15, 0.2) is 0 Å². The summed E-state index contributed by atoms with van der Waals surface area (Å²) in [7, 11) is -0.932. The SMILES string of the molecule is COc1cccc(N(C)S(=O)(=O)c2c[nH]c(=O)c(Cl)c2)c1. The number of aromatic nitrogens is 1. The fraction of sp³-hybridized carbons (Fsp3) is 0.154. The number of ether oxygens (including phenoxy) is 1. The van der Waals surface area contributed by atoms with Gasteiger partial charge in [-0.15, -0.1) is 0 Å². The Hall–Kier alpha value is -1.99. The number of hydrogen-bond donors (Lipinski definition) is 1. The Morgan fingerprint density at radius 3 is 2.62 bits per heavy atom. The number of halogens is 1. The van der Waals surface area contributed by atoms with Crippen LogP contribution in [0, 0.1) is 0 Å². The first-order valence-corrected chi connectivity index (χ1v) is 7.69. The first kappa shape index (κ1) is 15.4. The molecule has 0 radical (unpaired) electrons. The minimum Gasteiger partial charge on any atom is -0.497 e. The molecule has 0 saturated carbocycles. The Labute approximate surface area is 127 Å². The standard InChI is InChI=1S/C13H13ClN2O4S/c1-16(9-4-3-5-10(6-9)20-2)21(18,19)11-7-12(14)13(17)15-8-11/h3-8H,1-2H3,(H,15,17). The van der Waals surface area contributed by atoms with Crippen LogP contribution in [0.15, 0.2) is 46.2 Å². The molecule has 0 spiro atoms. The lowest BCUT2D eigenvalue weighted by Crippen LogP contribution is -2.27.